The van der Waals surface area contributed by atoms with E-state index in [9.17, 15) is 10.4 Å². The van der Waals surface area contributed by atoms with Crippen molar-refractivity contribution in [1.29, 1.82) is 5.26 Å². The largest absolute Gasteiger partial charge is 0.381 e. The minimum Gasteiger partial charge on any atom is -0.381 e. The number of aromatic nitrogens is 2. The summed E-state index contributed by atoms with van der Waals surface area (Å²) >= 11 is 6.55. The molecule has 0 bridgehead atoms. The molecule has 10 heteroatoms. The summed E-state index contributed by atoms with van der Waals surface area (Å²) in [5, 5.41) is 30.7. The van der Waals surface area contributed by atoms with Gasteiger partial charge in [-0.1, -0.05) is 17.7 Å². The van der Waals surface area contributed by atoms with Gasteiger partial charge in [-0.2, -0.15) is 5.26 Å². The molecule has 9 nitrogen and oxygen atoms in total. The number of nitriles is 1. The molecule has 212 valence electrons. The lowest BCUT2D eigenvalue weighted by Gasteiger charge is -2.32. The van der Waals surface area contributed by atoms with Crippen molar-refractivity contribution in [1.82, 2.24) is 15.3 Å². The normalized spacial score (nSPS) is 22.4. The summed E-state index contributed by atoms with van der Waals surface area (Å²) in [4.78, 5) is 9.31. The number of aliphatic hydroxyl groups is 1. The molecule has 2 fully saturated rings. The fourth-order valence-corrected chi connectivity index (χ4v) is 5.59. The number of rotatable bonds is 12. The quantitative estimate of drug-likeness (QED) is 0.268. The average Bonchev–Trinajstić information content (AvgIpc) is 2.95. The number of aliphatic hydroxyl groups excluding tert-OH is 1. The molecule has 0 radical (unpaired) electrons. The summed E-state index contributed by atoms with van der Waals surface area (Å²) in [6, 6.07) is 11.2. The zero-order valence-corrected chi connectivity index (χ0v) is 23.7. The molecule has 2 aromatic heterocycles. The summed E-state index contributed by atoms with van der Waals surface area (Å²) in [7, 11) is 0. The second-order valence-electron chi connectivity index (χ2n) is 10.7. The Bertz CT molecular complexity index is 1100. The lowest BCUT2D eigenvalue weighted by Crippen LogP contribution is -2.42. The first kappa shape index (κ1) is 29.5. The molecule has 2 atom stereocenters. The highest BCUT2D eigenvalue weighted by molar-refractivity contribution is 6.33. The molecule has 1 saturated heterocycles. The Morgan fingerprint density at radius 1 is 1.21 bits per heavy atom. The maximum absolute atomic E-state index is 9.88. The second-order valence-corrected chi connectivity index (χ2v) is 11.1. The van der Waals surface area contributed by atoms with Gasteiger partial charge in [-0.25, -0.2) is 9.97 Å². The van der Waals surface area contributed by atoms with E-state index < -0.39 is 11.7 Å². The van der Waals surface area contributed by atoms with Crippen LogP contribution in [0.5, 0.6) is 0 Å². The van der Waals surface area contributed by atoms with Crippen molar-refractivity contribution in [3.63, 3.8) is 0 Å². The fourth-order valence-electron chi connectivity index (χ4n) is 5.39. The number of anilines is 2. The van der Waals surface area contributed by atoms with E-state index in [-0.39, 0.29) is 6.04 Å². The number of pyridine rings is 2. The van der Waals surface area contributed by atoms with E-state index in [0.29, 0.717) is 55.7 Å². The Balaban J connectivity index is 1.32. The van der Waals surface area contributed by atoms with Crippen LogP contribution in [-0.4, -0.2) is 65.9 Å². The summed E-state index contributed by atoms with van der Waals surface area (Å²) in [5.74, 6) is 1.50. The lowest BCUT2D eigenvalue weighted by molar-refractivity contribution is -0.103. The number of hydrogen-bond acceptors (Lipinski definition) is 9. The maximum atomic E-state index is 9.88. The third kappa shape index (κ3) is 8.50. The highest BCUT2D eigenvalue weighted by Gasteiger charge is 2.32. The smallest absolute Gasteiger partial charge is 0.155 e. The van der Waals surface area contributed by atoms with Gasteiger partial charge in [-0.3, -0.25) is 0 Å². The van der Waals surface area contributed by atoms with Gasteiger partial charge < -0.3 is 30.5 Å². The SMILES string of the molecule is CCOC(O)C[C@H](C)N[C@H]1CC[C@H](Nc2cc(-c3cccc(NCC4(C#N)CCOCC4)n3)c(Cl)cn2)CC1. The third-order valence-corrected chi connectivity index (χ3v) is 7.99. The molecule has 4 N–H and O–H groups in total. The van der Waals surface area contributed by atoms with Crippen molar-refractivity contribution in [2.24, 2.45) is 5.41 Å². The molecule has 1 aliphatic heterocycles. The Hall–Kier alpha value is -2.48. The van der Waals surface area contributed by atoms with Crippen LogP contribution in [-0.2, 0) is 9.47 Å². The molecule has 1 aliphatic carbocycles. The molecular formula is C29H41ClN6O3. The van der Waals surface area contributed by atoms with E-state index in [1.165, 1.54) is 0 Å². The van der Waals surface area contributed by atoms with Gasteiger partial charge in [0.1, 0.15) is 11.6 Å². The molecule has 1 unspecified atom stereocenters. The van der Waals surface area contributed by atoms with Crippen molar-refractivity contribution in [3.8, 4) is 17.3 Å². The van der Waals surface area contributed by atoms with Crippen LogP contribution in [0.1, 0.15) is 58.8 Å². The molecular weight excluding hydrogens is 516 g/mol. The first-order valence-electron chi connectivity index (χ1n) is 14.1. The predicted molar refractivity (Wildman–Crippen MR) is 154 cm³/mol. The van der Waals surface area contributed by atoms with E-state index in [4.69, 9.17) is 26.1 Å². The first-order chi connectivity index (χ1) is 18.9. The van der Waals surface area contributed by atoms with Gasteiger partial charge in [0.25, 0.3) is 0 Å². The topological polar surface area (TPSA) is 124 Å². The maximum Gasteiger partial charge on any atom is 0.155 e. The van der Waals surface area contributed by atoms with E-state index in [2.05, 4.69) is 33.9 Å². The molecule has 0 aromatic carbocycles. The Morgan fingerprint density at radius 2 is 1.95 bits per heavy atom. The molecule has 39 heavy (non-hydrogen) atoms. The molecule has 1 saturated carbocycles. The summed E-state index contributed by atoms with van der Waals surface area (Å²) in [6.45, 7) is 6.25. The lowest BCUT2D eigenvalue weighted by atomic mass is 9.82. The Labute approximate surface area is 236 Å². The van der Waals surface area contributed by atoms with Crippen LogP contribution in [0.4, 0.5) is 11.6 Å². The van der Waals surface area contributed by atoms with E-state index in [1.54, 1.807) is 6.20 Å². The van der Waals surface area contributed by atoms with Gasteiger partial charge in [0, 0.05) is 62.7 Å². The van der Waals surface area contributed by atoms with Crippen LogP contribution in [0.3, 0.4) is 0 Å². The Kier molecular flexibility index (Phi) is 10.8. The zero-order chi connectivity index (χ0) is 27.7. The van der Waals surface area contributed by atoms with Crippen molar-refractivity contribution in [2.75, 3.05) is 37.0 Å². The van der Waals surface area contributed by atoms with Crippen molar-refractivity contribution < 1.29 is 14.6 Å². The molecule has 4 rings (SSSR count). The predicted octanol–water partition coefficient (Wildman–Crippen LogP) is 4.98. The van der Waals surface area contributed by atoms with Crippen molar-refractivity contribution in [3.05, 3.63) is 35.5 Å². The Morgan fingerprint density at radius 3 is 2.67 bits per heavy atom. The second kappa shape index (κ2) is 14.2. The number of nitrogens with one attached hydrogen (secondary N) is 3. The van der Waals surface area contributed by atoms with Gasteiger partial charge in [-0.15, -0.1) is 0 Å². The molecule has 2 aliphatic rings. The highest BCUT2D eigenvalue weighted by atomic mass is 35.5. The molecule has 3 heterocycles. The number of halogens is 1. The molecule has 0 spiro atoms. The van der Waals surface area contributed by atoms with Crippen LogP contribution < -0.4 is 16.0 Å². The van der Waals surface area contributed by atoms with E-state index in [1.807, 2.05) is 31.2 Å². The van der Waals surface area contributed by atoms with Crippen LogP contribution in [0.15, 0.2) is 30.5 Å². The number of hydrogen-bond donors (Lipinski definition) is 4. The highest BCUT2D eigenvalue weighted by Crippen LogP contribution is 2.32. The van der Waals surface area contributed by atoms with Gasteiger partial charge in [0.15, 0.2) is 6.29 Å². The third-order valence-electron chi connectivity index (χ3n) is 7.69. The number of ether oxygens (including phenoxy) is 2. The van der Waals surface area contributed by atoms with Gasteiger partial charge in [-0.05, 0) is 70.6 Å². The first-order valence-corrected chi connectivity index (χ1v) is 14.5. The van der Waals surface area contributed by atoms with Crippen LogP contribution >= 0.6 is 11.6 Å². The zero-order valence-electron chi connectivity index (χ0n) is 23.0. The monoisotopic (exact) mass is 556 g/mol. The van der Waals surface area contributed by atoms with Crippen LogP contribution in [0, 0.1) is 16.7 Å². The van der Waals surface area contributed by atoms with Crippen molar-refractivity contribution in [2.45, 2.75) is 83.2 Å². The van der Waals surface area contributed by atoms with Gasteiger partial charge in [0.2, 0.25) is 0 Å². The minimum atomic E-state index is -0.715. The van der Waals surface area contributed by atoms with E-state index in [0.717, 1.165) is 55.6 Å². The summed E-state index contributed by atoms with van der Waals surface area (Å²) < 4.78 is 10.7. The minimum absolute atomic E-state index is 0.196. The molecule has 0 amide bonds. The van der Waals surface area contributed by atoms with Gasteiger partial charge >= 0.3 is 0 Å². The van der Waals surface area contributed by atoms with Gasteiger partial charge in [0.05, 0.1) is 22.2 Å². The summed E-state index contributed by atoms with van der Waals surface area (Å²) in [5.41, 5.74) is 1.14. The van der Waals surface area contributed by atoms with Crippen LogP contribution in [0.25, 0.3) is 11.3 Å². The summed E-state index contributed by atoms with van der Waals surface area (Å²) in [6.07, 6.45) is 7.15. The average molecular weight is 557 g/mol. The van der Waals surface area contributed by atoms with E-state index >= 15 is 0 Å². The molecule has 2 aromatic rings. The van der Waals surface area contributed by atoms with Crippen molar-refractivity contribution >= 4 is 23.2 Å². The van der Waals surface area contributed by atoms with Crippen LogP contribution in [0.2, 0.25) is 5.02 Å². The standard InChI is InChI=1S/C29H41ClN6O3/c1-3-39-28(37)15-20(2)34-21-7-9-22(10-8-21)35-27-16-23(24(30)17-32-27)25-5-4-6-26(36-25)33-19-29(18-31)11-13-38-14-12-29/h4-6,16-17,20-22,28,34,37H,3,7-15,19H2,1-2H3,(H,32,35)(H,33,36)/t20-,21-,22-,28?/m0/s1. The fraction of sp³-hybridized carbons (Fsp3) is 0.621. The number of nitrogens with zero attached hydrogens (tertiary/aromatic N) is 3.